The van der Waals surface area contributed by atoms with Crippen molar-refractivity contribution in [2.45, 2.75) is 13.3 Å². The molecule has 2 aromatic heterocycles. The third-order valence-corrected chi connectivity index (χ3v) is 4.26. The molecule has 0 saturated carbocycles. The van der Waals surface area contributed by atoms with Crippen molar-refractivity contribution in [1.29, 1.82) is 0 Å². The van der Waals surface area contributed by atoms with E-state index < -0.39 is 5.56 Å². The number of amides is 1. The number of nitrogens with zero attached hydrogens (tertiary/aromatic N) is 1. The zero-order valence-corrected chi connectivity index (χ0v) is 13.7. The van der Waals surface area contributed by atoms with Gasteiger partial charge in [-0.3, -0.25) is 9.59 Å². The number of furan rings is 1. The van der Waals surface area contributed by atoms with Gasteiger partial charge in [-0.25, -0.2) is 0 Å². The van der Waals surface area contributed by atoms with Gasteiger partial charge < -0.3 is 20.0 Å². The number of hydrogen-bond donors (Lipinski definition) is 2. The second kappa shape index (κ2) is 6.60. The molecular weight excluding hydrogens is 318 g/mol. The topological polar surface area (TPSA) is 92.3 Å². The first kappa shape index (κ1) is 17.3. The average molecular weight is 338 g/mol. The molecule has 0 radical (unpaired) electrons. The van der Waals surface area contributed by atoms with Gasteiger partial charge in [0.1, 0.15) is 11.3 Å². The molecule has 2 aromatic rings. The molecule has 7 heteroatoms. The number of rotatable bonds is 3. The minimum Gasteiger partial charge on any atom is -0.463 e. The molecular formula is C16H20ClN3O3. The lowest BCUT2D eigenvalue weighted by molar-refractivity contribution is 0.0775. The van der Waals surface area contributed by atoms with Crippen LogP contribution in [-0.4, -0.2) is 35.4 Å². The fourth-order valence-electron chi connectivity index (χ4n) is 2.75. The molecule has 6 nitrogen and oxygen atoms in total. The predicted octanol–water partition coefficient (Wildman–Crippen LogP) is 1.87. The standard InChI is InChI=1S/C16H19N3O3.ClH/c1-16(9-17)6-7-19(10-16)15(21)11-4-5-12(18-14(11)20)13-3-2-8-22-13;/h2-5,8H,6-7,9-10,17H2,1H3,(H,18,20);1H. The lowest BCUT2D eigenvalue weighted by Gasteiger charge is -2.22. The fraction of sp³-hybridized carbons (Fsp3) is 0.375. The number of hydrogen-bond acceptors (Lipinski definition) is 4. The quantitative estimate of drug-likeness (QED) is 0.894. The van der Waals surface area contributed by atoms with Gasteiger partial charge in [0.25, 0.3) is 11.5 Å². The van der Waals surface area contributed by atoms with Crippen molar-refractivity contribution in [3.8, 4) is 11.5 Å². The normalized spacial score (nSPS) is 20.3. The maximum absolute atomic E-state index is 12.5. The van der Waals surface area contributed by atoms with Gasteiger partial charge in [0.05, 0.1) is 12.0 Å². The zero-order valence-electron chi connectivity index (χ0n) is 12.9. The maximum Gasteiger partial charge on any atom is 0.261 e. The molecule has 0 spiro atoms. The molecule has 3 heterocycles. The lowest BCUT2D eigenvalue weighted by Crippen LogP contribution is -2.36. The molecule has 1 aliphatic heterocycles. The van der Waals surface area contributed by atoms with Gasteiger partial charge in [0.15, 0.2) is 0 Å². The van der Waals surface area contributed by atoms with E-state index in [2.05, 4.69) is 11.9 Å². The number of carbonyl (C=O) groups excluding carboxylic acids is 1. The highest BCUT2D eigenvalue weighted by atomic mass is 35.5. The molecule has 1 fully saturated rings. The van der Waals surface area contributed by atoms with Crippen LogP contribution in [0.15, 0.2) is 39.7 Å². The van der Waals surface area contributed by atoms with Crippen LogP contribution in [0.5, 0.6) is 0 Å². The van der Waals surface area contributed by atoms with Gasteiger partial charge in [0.2, 0.25) is 0 Å². The van der Waals surface area contributed by atoms with E-state index >= 15 is 0 Å². The van der Waals surface area contributed by atoms with Crippen molar-refractivity contribution in [3.05, 3.63) is 46.4 Å². The highest BCUT2D eigenvalue weighted by Gasteiger charge is 2.35. The zero-order chi connectivity index (χ0) is 15.7. The van der Waals surface area contributed by atoms with Crippen LogP contribution in [0.2, 0.25) is 0 Å². The van der Waals surface area contributed by atoms with Crippen molar-refractivity contribution >= 4 is 18.3 Å². The van der Waals surface area contributed by atoms with Crippen LogP contribution < -0.4 is 11.3 Å². The van der Waals surface area contributed by atoms with Crippen LogP contribution in [-0.2, 0) is 0 Å². The Kier molecular flexibility index (Phi) is 4.97. The minimum atomic E-state index is -0.403. The van der Waals surface area contributed by atoms with E-state index in [1.165, 1.54) is 6.26 Å². The Balaban J connectivity index is 0.00000192. The summed E-state index contributed by atoms with van der Waals surface area (Å²) in [6, 6.07) is 6.73. The smallest absolute Gasteiger partial charge is 0.261 e. The molecule has 0 bridgehead atoms. The van der Waals surface area contributed by atoms with Crippen molar-refractivity contribution < 1.29 is 9.21 Å². The summed E-state index contributed by atoms with van der Waals surface area (Å²) in [4.78, 5) is 29.1. The number of aromatic amines is 1. The minimum absolute atomic E-state index is 0. The van der Waals surface area contributed by atoms with E-state index in [4.69, 9.17) is 10.2 Å². The monoisotopic (exact) mass is 337 g/mol. The van der Waals surface area contributed by atoms with Crippen molar-refractivity contribution in [2.24, 2.45) is 11.1 Å². The molecule has 1 unspecified atom stereocenters. The van der Waals surface area contributed by atoms with Crippen molar-refractivity contribution in [3.63, 3.8) is 0 Å². The van der Waals surface area contributed by atoms with Gasteiger partial charge in [0, 0.05) is 13.1 Å². The van der Waals surface area contributed by atoms with Crippen LogP contribution in [0, 0.1) is 5.41 Å². The molecule has 1 saturated heterocycles. The van der Waals surface area contributed by atoms with Crippen LogP contribution in [0.1, 0.15) is 23.7 Å². The van der Waals surface area contributed by atoms with E-state index in [9.17, 15) is 9.59 Å². The molecule has 0 aliphatic carbocycles. The second-order valence-electron chi connectivity index (χ2n) is 6.08. The first-order chi connectivity index (χ1) is 10.5. The Morgan fingerprint density at radius 3 is 2.78 bits per heavy atom. The van der Waals surface area contributed by atoms with E-state index in [0.29, 0.717) is 31.1 Å². The molecule has 0 aromatic carbocycles. The number of nitrogens with one attached hydrogen (secondary N) is 1. The average Bonchev–Trinajstić information content (AvgIpc) is 3.17. The van der Waals surface area contributed by atoms with Crippen molar-refractivity contribution in [2.75, 3.05) is 19.6 Å². The first-order valence-electron chi connectivity index (χ1n) is 7.29. The SMILES string of the molecule is CC1(CN)CCN(C(=O)c2ccc(-c3ccco3)[nH]c2=O)C1.Cl. The highest BCUT2D eigenvalue weighted by molar-refractivity contribution is 5.94. The summed E-state index contributed by atoms with van der Waals surface area (Å²) in [5.74, 6) is 0.317. The van der Waals surface area contributed by atoms with Gasteiger partial charge in [-0.1, -0.05) is 6.92 Å². The number of halogens is 1. The van der Waals surface area contributed by atoms with Gasteiger partial charge in [-0.15, -0.1) is 12.4 Å². The summed E-state index contributed by atoms with van der Waals surface area (Å²) in [6.45, 7) is 3.81. The maximum atomic E-state index is 12.5. The molecule has 1 amide bonds. The predicted molar refractivity (Wildman–Crippen MR) is 89.7 cm³/mol. The van der Waals surface area contributed by atoms with E-state index in [0.717, 1.165) is 6.42 Å². The van der Waals surface area contributed by atoms with Gasteiger partial charge in [-0.05, 0) is 42.6 Å². The summed E-state index contributed by atoms with van der Waals surface area (Å²) < 4.78 is 5.24. The summed E-state index contributed by atoms with van der Waals surface area (Å²) >= 11 is 0. The number of H-pyrrole nitrogens is 1. The third kappa shape index (κ3) is 3.33. The number of pyridine rings is 1. The largest absolute Gasteiger partial charge is 0.463 e. The Bertz CT molecular complexity index is 741. The summed E-state index contributed by atoms with van der Waals surface area (Å²) in [5, 5.41) is 0. The first-order valence-corrected chi connectivity index (χ1v) is 7.29. The fourth-order valence-corrected chi connectivity index (χ4v) is 2.75. The second-order valence-corrected chi connectivity index (χ2v) is 6.08. The number of likely N-dealkylation sites (tertiary alicyclic amines) is 1. The van der Waals surface area contributed by atoms with Crippen LogP contribution in [0.4, 0.5) is 0 Å². The van der Waals surface area contributed by atoms with Crippen LogP contribution >= 0.6 is 12.4 Å². The molecule has 23 heavy (non-hydrogen) atoms. The van der Waals surface area contributed by atoms with Crippen molar-refractivity contribution in [1.82, 2.24) is 9.88 Å². The Morgan fingerprint density at radius 1 is 1.43 bits per heavy atom. The summed E-state index contributed by atoms with van der Waals surface area (Å²) in [5.41, 5.74) is 6.00. The van der Waals surface area contributed by atoms with Crippen LogP contribution in [0.25, 0.3) is 11.5 Å². The van der Waals surface area contributed by atoms with E-state index in [1.807, 2.05) is 0 Å². The van der Waals surface area contributed by atoms with Gasteiger partial charge in [-0.2, -0.15) is 0 Å². The van der Waals surface area contributed by atoms with E-state index in [-0.39, 0.29) is 29.3 Å². The number of aromatic nitrogens is 1. The van der Waals surface area contributed by atoms with Gasteiger partial charge >= 0.3 is 0 Å². The van der Waals surface area contributed by atoms with E-state index in [1.54, 1.807) is 29.2 Å². The number of carbonyl (C=O) groups is 1. The number of nitrogens with two attached hydrogens (primary N) is 1. The third-order valence-electron chi connectivity index (χ3n) is 4.26. The Hall–Kier alpha value is -2.05. The molecule has 3 N–H and O–H groups in total. The van der Waals surface area contributed by atoms with Crippen LogP contribution in [0.3, 0.4) is 0 Å². The Morgan fingerprint density at radius 2 is 2.22 bits per heavy atom. The molecule has 1 atom stereocenters. The lowest BCUT2D eigenvalue weighted by atomic mass is 9.90. The summed E-state index contributed by atoms with van der Waals surface area (Å²) in [7, 11) is 0. The summed E-state index contributed by atoms with van der Waals surface area (Å²) in [6.07, 6.45) is 2.39. The molecule has 124 valence electrons. The molecule has 3 rings (SSSR count). The molecule has 1 aliphatic rings. The Labute approximate surface area is 140 Å². The highest BCUT2D eigenvalue weighted by Crippen LogP contribution is 2.29.